The van der Waals surface area contributed by atoms with Gasteiger partial charge in [0.05, 0.1) is 0 Å². The third-order valence-corrected chi connectivity index (χ3v) is 6.14. The molecule has 0 aliphatic carbocycles. The molecule has 2 saturated heterocycles. The molecule has 2 aliphatic heterocycles. The Morgan fingerprint density at radius 1 is 1.22 bits per heavy atom. The highest BCUT2D eigenvalue weighted by atomic mass is 16.3. The van der Waals surface area contributed by atoms with Gasteiger partial charge in [0.2, 0.25) is 11.8 Å². The number of rotatable bonds is 6. The lowest BCUT2D eigenvalue weighted by atomic mass is 9.72. The first-order valence-electron chi connectivity index (χ1n) is 9.98. The maximum atomic E-state index is 13.0. The third kappa shape index (κ3) is 4.50. The number of carbonyl (C=O) groups is 2. The topological polar surface area (TPSA) is 72.9 Å². The summed E-state index contributed by atoms with van der Waals surface area (Å²) in [4.78, 5) is 29.1. The smallest absolute Gasteiger partial charge is 0.244 e. The molecule has 0 aromatic heterocycles. The van der Waals surface area contributed by atoms with Crippen LogP contribution in [0.25, 0.3) is 0 Å². The predicted octanol–water partition coefficient (Wildman–Crippen LogP) is 1.56. The molecule has 1 spiro atoms. The van der Waals surface area contributed by atoms with Crippen molar-refractivity contribution >= 4 is 11.8 Å². The molecule has 1 aromatic rings. The fourth-order valence-electron chi connectivity index (χ4n) is 4.44. The minimum atomic E-state index is -0.311. The molecule has 2 fully saturated rings. The number of likely N-dealkylation sites (tertiary alicyclic amines) is 2. The number of nitrogens with zero attached hydrogens (tertiary/aromatic N) is 2. The third-order valence-electron chi connectivity index (χ3n) is 6.14. The number of benzene rings is 1. The number of hydrogen-bond donors (Lipinski definition) is 2. The number of nitrogens with one attached hydrogen (secondary N) is 1. The summed E-state index contributed by atoms with van der Waals surface area (Å²) < 4.78 is 0. The van der Waals surface area contributed by atoms with Gasteiger partial charge < -0.3 is 20.2 Å². The molecule has 2 heterocycles. The molecular weight excluding hydrogens is 342 g/mol. The van der Waals surface area contributed by atoms with Crippen molar-refractivity contribution in [2.24, 2.45) is 5.41 Å². The van der Waals surface area contributed by atoms with Gasteiger partial charge in [0.15, 0.2) is 0 Å². The first-order valence-corrected chi connectivity index (χ1v) is 9.98. The van der Waals surface area contributed by atoms with Crippen molar-refractivity contribution in [3.05, 3.63) is 35.9 Å². The van der Waals surface area contributed by atoms with E-state index in [0.717, 1.165) is 44.5 Å². The van der Waals surface area contributed by atoms with Crippen LogP contribution in [-0.2, 0) is 9.59 Å². The SMILES string of the molecule is CNC(C(=O)N1CCC2(CCC(=O)N(CCCO)C2)CC1)c1ccccc1. The number of aliphatic hydroxyl groups is 1. The van der Waals surface area contributed by atoms with Gasteiger partial charge in [0.1, 0.15) is 6.04 Å². The van der Waals surface area contributed by atoms with Crippen LogP contribution in [0.3, 0.4) is 0 Å². The van der Waals surface area contributed by atoms with E-state index in [1.165, 1.54) is 0 Å². The molecule has 2 amide bonds. The van der Waals surface area contributed by atoms with Crippen LogP contribution >= 0.6 is 0 Å². The van der Waals surface area contributed by atoms with Crippen molar-refractivity contribution in [2.45, 2.75) is 38.1 Å². The molecule has 1 aromatic carbocycles. The second-order valence-corrected chi connectivity index (χ2v) is 7.85. The molecule has 2 N–H and O–H groups in total. The average molecular weight is 373 g/mol. The van der Waals surface area contributed by atoms with Crippen LogP contribution in [0, 0.1) is 5.41 Å². The number of piperidine rings is 2. The van der Waals surface area contributed by atoms with E-state index < -0.39 is 0 Å². The van der Waals surface area contributed by atoms with Gasteiger partial charge in [0.25, 0.3) is 0 Å². The zero-order chi connectivity index (χ0) is 19.3. The van der Waals surface area contributed by atoms with Gasteiger partial charge in [-0.25, -0.2) is 0 Å². The van der Waals surface area contributed by atoms with Crippen LogP contribution in [0.15, 0.2) is 30.3 Å². The van der Waals surface area contributed by atoms with Gasteiger partial charge in [-0.15, -0.1) is 0 Å². The number of likely N-dealkylation sites (N-methyl/N-ethyl adjacent to an activating group) is 1. The van der Waals surface area contributed by atoms with E-state index in [4.69, 9.17) is 5.11 Å². The van der Waals surface area contributed by atoms with Crippen molar-refractivity contribution in [2.75, 3.05) is 39.8 Å². The quantitative estimate of drug-likeness (QED) is 0.794. The van der Waals surface area contributed by atoms with Crippen LogP contribution < -0.4 is 5.32 Å². The summed E-state index contributed by atoms with van der Waals surface area (Å²) in [6.07, 6.45) is 4.01. The Balaban J connectivity index is 1.61. The van der Waals surface area contributed by atoms with Crippen molar-refractivity contribution in [1.82, 2.24) is 15.1 Å². The number of hydrogen-bond acceptors (Lipinski definition) is 4. The standard InChI is InChI=1S/C21H31N3O3/c1-22-19(17-6-3-2-4-7-17)20(27)23-13-10-21(11-14-23)9-8-18(26)24(16-21)12-5-15-25/h2-4,6-7,19,22,25H,5,8-16H2,1H3. The van der Waals surface area contributed by atoms with Crippen LogP contribution in [0.1, 0.15) is 43.7 Å². The lowest BCUT2D eigenvalue weighted by Crippen LogP contribution is -2.53. The molecule has 6 heteroatoms. The van der Waals surface area contributed by atoms with E-state index in [2.05, 4.69) is 5.32 Å². The average Bonchev–Trinajstić information content (AvgIpc) is 2.71. The van der Waals surface area contributed by atoms with Gasteiger partial charge in [-0.1, -0.05) is 30.3 Å². The molecule has 3 rings (SSSR count). The Morgan fingerprint density at radius 2 is 1.93 bits per heavy atom. The Morgan fingerprint density at radius 3 is 2.56 bits per heavy atom. The van der Waals surface area contributed by atoms with Crippen molar-refractivity contribution in [3.63, 3.8) is 0 Å². The maximum Gasteiger partial charge on any atom is 0.244 e. The number of aliphatic hydroxyl groups excluding tert-OH is 1. The molecule has 1 unspecified atom stereocenters. The molecule has 148 valence electrons. The Hall–Kier alpha value is -1.92. The summed E-state index contributed by atoms with van der Waals surface area (Å²) in [5, 5.41) is 12.2. The number of amides is 2. The van der Waals surface area contributed by atoms with Gasteiger partial charge in [0, 0.05) is 39.2 Å². The summed E-state index contributed by atoms with van der Waals surface area (Å²) in [5.41, 5.74) is 1.12. The Labute approximate surface area is 161 Å². The monoisotopic (exact) mass is 373 g/mol. The van der Waals surface area contributed by atoms with Gasteiger partial charge in [-0.3, -0.25) is 9.59 Å². The Kier molecular flexibility index (Phi) is 6.50. The molecule has 0 radical (unpaired) electrons. The van der Waals surface area contributed by atoms with E-state index in [1.54, 1.807) is 0 Å². The summed E-state index contributed by atoms with van der Waals surface area (Å²) in [6, 6.07) is 9.52. The highest BCUT2D eigenvalue weighted by molar-refractivity contribution is 5.83. The first-order chi connectivity index (χ1) is 13.1. The minimum absolute atomic E-state index is 0.115. The highest BCUT2D eigenvalue weighted by Gasteiger charge is 2.42. The molecule has 6 nitrogen and oxygen atoms in total. The molecule has 1 atom stereocenters. The molecule has 0 bridgehead atoms. The van der Waals surface area contributed by atoms with E-state index in [-0.39, 0.29) is 29.9 Å². The maximum absolute atomic E-state index is 13.0. The van der Waals surface area contributed by atoms with E-state index in [1.807, 2.05) is 47.2 Å². The minimum Gasteiger partial charge on any atom is -0.396 e. The van der Waals surface area contributed by atoms with E-state index in [9.17, 15) is 9.59 Å². The van der Waals surface area contributed by atoms with Crippen LogP contribution in [0.4, 0.5) is 0 Å². The van der Waals surface area contributed by atoms with Gasteiger partial charge in [-0.2, -0.15) is 0 Å². The largest absolute Gasteiger partial charge is 0.396 e. The lowest BCUT2D eigenvalue weighted by Gasteiger charge is -2.47. The van der Waals surface area contributed by atoms with E-state index in [0.29, 0.717) is 19.4 Å². The molecular formula is C21H31N3O3. The molecule has 0 saturated carbocycles. The Bertz CT molecular complexity index is 641. The normalized spacial score (nSPS) is 20.7. The van der Waals surface area contributed by atoms with Crippen LogP contribution in [-0.4, -0.2) is 66.6 Å². The zero-order valence-corrected chi connectivity index (χ0v) is 16.2. The van der Waals surface area contributed by atoms with Crippen molar-refractivity contribution in [1.29, 1.82) is 0 Å². The lowest BCUT2D eigenvalue weighted by molar-refractivity contribution is -0.143. The molecule has 2 aliphatic rings. The fraction of sp³-hybridized carbons (Fsp3) is 0.619. The highest BCUT2D eigenvalue weighted by Crippen LogP contribution is 2.40. The summed E-state index contributed by atoms with van der Waals surface area (Å²) in [5.74, 6) is 0.328. The summed E-state index contributed by atoms with van der Waals surface area (Å²) in [7, 11) is 1.83. The summed E-state index contributed by atoms with van der Waals surface area (Å²) in [6.45, 7) is 3.00. The van der Waals surface area contributed by atoms with Gasteiger partial charge in [-0.05, 0) is 43.7 Å². The fourth-order valence-corrected chi connectivity index (χ4v) is 4.44. The van der Waals surface area contributed by atoms with Crippen molar-refractivity contribution in [3.8, 4) is 0 Å². The predicted molar refractivity (Wildman–Crippen MR) is 104 cm³/mol. The first kappa shape index (κ1) is 19.8. The van der Waals surface area contributed by atoms with Gasteiger partial charge >= 0.3 is 0 Å². The second kappa shape index (κ2) is 8.85. The van der Waals surface area contributed by atoms with Crippen molar-refractivity contribution < 1.29 is 14.7 Å². The number of carbonyl (C=O) groups excluding carboxylic acids is 2. The van der Waals surface area contributed by atoms with E-state index >= 15 is 0 Å². The molecule has 27 heavy (non-hydrogen) atoms. The van der Waals surface area contributed by atoms with Crippen LogP contribution in [0.2, 0.25) is 0 Å². The zero-order valence-electron chi connectivity index (χ0n) is 16.2. The second-order valence-electron chi connectivity index (χ2n) is 7.85. The van der Waals surface area contributed by atoms with Crippen LogP contribution in [0.5, 0.6) is 0 Å². The summed E-state index contributed by atoms with van der Waals surface area (Å²) >= 11 is 0.